The number of nitrogens with one attached hydrogen (secondary N) is 1. The van der Waals surface area contributed by atoms with E-state index in [-0.39, 0.29) is 0 Å². The average Bonchev–Trinajstić information content (AvgIpc) is 2.37. The minimum absolute atomic E-state index is 0.405. The molecule has 1 heterocycles. The van der Waals surface area contributed by atoms with E-state index in [1.54, 1.807) is 0 Å². The summed E-state index contributed by atoms with van der Waals surface area (Å²) in [4.78, 5) is 22.3. The highest BCUT2D eigenvalue weighted by atomic mass is 16.6. The zero-order chi connectivity index (χ0) is 15.4. The maximum Gasteiger partial charge on any atom is 0.328 e. The number of aliphatic hydroxyl groups is 4. The van der Waals surface area contributed by atoms with Gasteiger partial charge in [-0.15, -0.1) is 0 Å². The molecule has 20 heavy (non-hydrogen) atoms. The molecule has 0 saturated carbocycles. The highest BCUT2D eigenvalue weighted by Crippen LogP contribution is 2.20. The summed E-state index contributed by atoms with van der Waals surface area (Å²) in [6.45, 7) is 2.21. The van der Waals surface area contributed by atoms with Gasteiger partial charge < -0.3 is 35.2 Å². The van der Waals surface area contributed by atoms with Crippen LogP contribution < -0.4 is 5.32 Å². The number of esters is 1. The van der Waals surface area contributed by atoms with E-state index >= 15 is 0 Å². The second-order valence-corrected chi connectivity index (χ2v) is 4.59. The van der Waals surface area contributed by atoms with Crippen LogP contribution in [0, 0.1) is 0 Å². The van der Waals surface area contributed by atoms with Crippen LogP contribution in [-0.4, -0.2) is 75.7 Å². The zero-order valence-electron chi connectivity index (χ0n) is 11.1. The van der Waals surface area contributed by atoms with E-state index in [2.05, 4.69) is 5.32 Å². The fourth-order valence-electron chi connectivity index (χ4n) is 1.72. The van der Waals surface area contributed by atoms with E-state index in [1.165, 1.54) is 13.8 Å². The van der Waals surface area contributed by atoms with Gasteiger partial charge in [0.05, 0.1) is 0 Å². The van der Waals surface area contributed by atoms with Gasteiger partial charge in [0, 0.05) is 6.92 Å². The van der Waals surface area contributed by atoms with Gasteiger partial charge in [-0.2, -0.15) is 0 Å². The molecular formula is C11H19NO8. The number of rotatable bonds is 4. The van der Waals surface area contributed by atoms with Crippen LogP contribution in [0.4, 0.5) is 0 Å². The van der Waals surface area contributed by atoms with Crippen LogP contribution in [0.2, 0.25) is 0 Å². The molecule has 1 rings (SSSR count). The molecule has 9 heteroatoms. The normalized spacial score (nSPS) is 35.2. The van der Waals surface area contributed by atoms with Crippen LogP contribution in [0.3, 0.4) is 0 Å². The fraction of sp³-hybridized carbons (Fsp3) is 0.818. The van der Waals surface area contributed by atoms with Gasteiger partial charge >= 0.3 is 5.97 Å². The number of hydrogen-bond acceptors (Lipinski definition) is 8. The van der Waals surface area contributed by atoms with Crippen molar-refractivity contribution in [1.29, 1.82) is 0 Å². The Bertz CT molecular complexity index is 362. The van der Waals surface area contributed by atoms with Crippen molar-refractivity contribution in [3.63, 3.8) is 0 Å². The number of amides is 1. The van der Waals surface area contributed by atoms with Crippen molar-refractivity contribution >= 4 is 11.9 Å². The van der Waals surface area contributed by atoms with Crippen LogP contribution in [0.1, 0.15) is 13.8 Å². The molecule has 116 valence electrons. The van der Waals surface area contributed by atoms with Crippen molar-refractivity contribution in [3.8, 4) is 0 Å². The van der Waals surface area contributed by atoms with Crippen LogP contribution in [0.15, 0.2) is 0 Å². The molecular weight excluding hydrogens is 274 g/mol. The SMILES string of the molecule is CC(=O)N[C@@H](C)C(=O)OC[C@H]1OC(O)[C@H](O)[C@@H](O)[C@@H]1O. The van der Waals surface area contributed by atoms with Crippen LogP contribution in [-0.2, 0) is 19.1 Å². The van der Waals surface area contributed by atoms with Gasteiger partial charge in [0.25, 0.3) is 0 Å². The van der Waals surface area contributed by atoms with E-state index in [1.807, 2.05) is 0 Å². The molecule has 1 fully saturated rings. The predicted octanol–water partition coefficient (Wildman–Crippen LogP) is -3.15. The zero-order valence-corrected chi connectivity index (χ0v) is 11.1. The number of aliphatic hydroxyl groups excluding tert-OH is 4. The lowest BCUT2D eigenvalue weighted by molar-refractivity contribution is -0.287. The number of carbonyl (C=O) groups is 2. The summed E-state index contributed by atoms with van der Waals surface area (Å²) < 4.78 is 9.63. The molecule has 1 saturated heterocycles. The summed E-state index contributed by atoms with van der Waals surface area (Å²) in [5, 5.41) is 39.9. The smallest absolute Gasteiger partial charge is 0.328 e. The van der Waals surface area contributed by atoms with E-state index in [0.29, 0.717) is 0 Å². The van der Waals surface area contributed by atoms with Gasteiger partial charge in [-0.1, -0.05) is 0 Å². The topological polar surface area (TPSA) is 146 Å². The minimum atomic E-state index is -1.69. The van der Waals surface area contributed by atoms with Crippen molar-refractivity contribution in [2.75, 3.05) is 6.61 Å². The van der Waals surface area contributed by atoms with Gasteiger partial charge in [0.1, 0.15) is 37.1 Å². The third-order valence-corrected chi connectivity index (χ3v) is 2.85. The standard InChI is InChI=1S/C11H19NO8/c1-4(12-5(2)13)10(17)19-3-6-7(14)8(15)9(16)11(18)20-6/h4,6-9,11,14-16,18H,3H2,1-2H3,(H,12,13)/t4-,6+,7+,8-,9+,11?/m0/s1. The average molecular weight is 293 g/mol. The third-order valence-electron chi connectivity index (χ3n) is 2.85. The Labute approximate surface area is 115 Å². The second kappa shape index (κ2) is 6.95. The summed E-state index contributed by atoms with van der Waals surface area (Å²) >= 11 is 0. The first-order valence-electron chi connectivity index (χ1n) is 6.05. The van der Waals surface area contributed by atoms with Gasteiger partial charge in [0.2, 0.25) is 5.91 Å². The summed E-state index contributed by atoms with van der Waals surface area (Å²) in [6, 6.07) is -0.881. The van der Waals surface area contributed by atoms with Crippen molar-refractivity contribution in [1.82, 2.24) is 5.32 Å². The molecule has 1 unspecified atom stereocenters. The van der Waals surface area contributed by atoms with E-state index in [0.717, 1.165) is 0 Å². The molecule has 9 nitrogen and oxygen atoms in total. The van der Waals surface area contributed by atoms with E-state index in [9.17, 15) is 30.0 Å². The highest BCUT2D eigenvalue weighted by Gasteiger charge is 2.43. The fourth-order valence-corrected chi connectivity index (χ4v) is 1.72. The molecule has 1 amide bonds. The Morgan fingerprint density at radius 1 is 1.20 bits per heavy atom. The van der Waals surface area contributed by atoms with Crippen LogP contribution >= 0.6 is 0 Å². The first-order valence-corrected chi connectivity index (χ1v) is 6.05. The summed E-state index contributed by atoms with van der Waals surface area (Å²) in [5.41, 5.74) is 0. The Balaban J connectivity index is 2.48. The van der Waals surface area contributed by atoms with Crippen molar-refractivity contribution in [2.45, 2.75) is 50.6 Å². The van der Waals surface area contributed by atoms with Gasteiger partial charge in [-0.25, -0.2) is 4.79 Å². The molecule has 0 aromatic heterocycles. The van der Waals surface area contributed by atoms with Crippen molar-refractivity contribution < 1.29 is 39.5 Å². The summed E-state index contributed by atoms with van der Waals surface area (Å²) in [5.74, 6) is -1.16. The Morgan fingerprint density at radius 2 is 1.80 bits per heavy atom. The number of hydrogen-bond donors (Lipinski definition) is 5. The van der Waals surface area contributed by atoms with Gasteiger partial charge in [-0.05, 0) is 6.92 Å². The Kier molecular flexibility index (Phi) is 5.84. The maximum absolute atomic E-state index is 11.5. The van der Waals surface area contributed by atoms with E-state index < -0.39 is 55.2 Å². The molecule has 0 bridgehead atoms. The van der Waals surface area contributed by atoms with Crippen molar-refractivity contribution in [3.05, 3.63) is 0 Å². The predicted molar refractivity (Wildman–Crippen MR) is 63.1 cm³/mol. The lowest BCUT2D eigenvalue weighted by Crippen LogP contribution is -2.58. The first kappa shape index (κ1) is 16.8. The summed E-state index contributed by atoms with van der Waals surface area (Å²) in [6.07, 6.45) is -7.65. The summed E-state index contributed by atoms with van der Waals surface area (Å²) in [7, 11) is 0. The van der Waals surface area contributed by atoms with Crippen molar-refractivity contribution in [2.24, 2.45) is 0 Å². The second-order valence-electron chi connectivity index (χ2n) is 4.59. The third kappa shape index (κ3) is 4.12. The first-order chi connectivity index (χ1) is 9.23. The monoisotopic (exact) mass is 293 g/mol. The molecule has 0 spiro atoms. The van der Waals surface area contributed by atoms with Gasteiger partial charge in [0.15, 0.2) is 6.29 Å². The lowest BCUT2D eigenvalue weighted by atomic mass is 9.99. The molecule has 0 aromatic carbocycles. The molecule has 5 N–H and O–H groups in total. The Morgan fingerprint density at radius 3 is 2.35 bits per heavy atom. The quantitative estimate of drug-likeness (QED) is 0.342. The van der Waals surface area contributed by atoms with Gasteiger partial charge in [-0.3, -0.25) is 4.79 Å². The molecule has 1 aliphatic rings. The Hall–Kier alpha value is -1.26. The largest absolute Gasteiger partial charge is 0.461 e. The lowest BCUT2D eigenvalue weighted by Gasteiger charge is -2.37. The van der Waals surface area contributed by atoms with E-state index in [4.69, 9.17) is 9.47 Å². The molecule has 1 aliphatic heterocycles. The molecule has 0 aromatic rings. The highest BCUT2D eigenvalue weighted by molar-refractivity contribution is 5.82. The molecule has 6 atom stereocenters. The minimum Gasteiger partial charge on any atom is -0.461 e. The molecule has 0 aliphatic carbocycles. The number of carbonyl (C=O) groups excluding carboxylic acids is 2. The maximum atomic E-state index is 11.5. The van der Waals surface area contributed by atoms with Crippen LogP contribution in [0.5, 0.6) is 0 Å². The molecule has 0 radical (unpaired) electrons. The number of ether oxygens (including phenoxy) is 2. The van der Waals surface area contributed by atoms with Crippen LogP contribution in [0.25, 0.3) is 0 Å².